The van der Waals surface area contributed by atoms with Crippen LogP contribution in [0.25, 0.3) is 11.3 Å². The third kappa shape index (κ3) is 1.94. The van der Waals surface area contributed by atoms with E-state index in [0.29, 0.717) is 5.92 Å². The minimum absolute atomic E-state index is 0.589. The van der Waals surface area contributed by atoms with Crippen molar-refractivity contribution in [3.8, 4) is 11.3 Å². The van der Waals surface area contributed by atoms with Gasteiger partial charge in [-0.05, 0) is 23.1 Å². The molecule has 0 amide bonds. The highest BCUT2D eigenvalue weighted by atomic mass is 15.2. The van der Waals surface area contributed by atoms with Crippen LogP contribution >= 0.6 is 0 Å². The number of aryl methyl sites for hydroxylation is 1. The van der Waals surface area contributed by atoms with Crippen molar-refractivity contribution in [2.24, 2.45) is 7.05 Å². The molecule has 0 fully saturated rings. The van der Waals surface area contributed by atoms with E-state index in [9.17, 15) is 0 Å². The lowest BCUT2D eigenvalue weighted by molar-refractivity contribution is 0.775. The van der Waals surface area contributed by atoms with Gasteiger partial charge >= 0.3 is 0 Å². The van der Waals surface area contributed by atoms with Gasteiger partial charge in [-0.15, -0.1) is 0 Å². The molecule has 1 aromatic carbocycles. The fourth-order valence-corrected chi connectivity index (χ4v) is 1.70. The molecular weight excluding hydrogens is 184 g/mol. The van der Waals surface area contributed by atoms with E-state index in [1.165, 1.54) is 11.1 Å². The molecule has 0 spiro atoms. The quantitative estimate of drug-likeness (QED) is 0.727. The third-order valence-electron chi connectivity index (χ3n) is 2.69. The zero-order chi connectivity index (χ0) is 10.8. The van der Waals surface area contributed by atoms with E-state index in [2.05, 4.69) is 43.2 Å². The lowest BCUT2D eigenvalue weighted by atomic mass is 10.0. The van der Waals surface area contributed by atoms with Crippen LogP contribution in [0.2, 0.25) is 0 Å². The lowest BCUT2D eigenvalue weighted by Crippen LogP contribution is -1.93. The molecule has 0 unspecified atom stereocenters. The Bertz CT molecular complexity index is 438. The number of aromatic nitrogens is 2. The van der Waals surface area contributed by atoms with Crippen molar-refractivity contribution in [2.45, 2.75) is 19.8 Å². The molecule has 2 rings (SSSR count). The highest BCUT2D eigenvalue weighted by Crippen LogP contribution is 2.21. The predicted octanol–water partition coefficient (Wildman–Crippen LogP) is 3.21. The third-order valence-corrected chi connectivity index (χ3v) is 2.69. The molecule has 0 bridgehead atoms. The van der Waals surface area contributed by atoms with Gasteiger partial charge in [0.15, 0.2) is 0 Å². The van der Waals surface area contributed by atoms with Gasteiger partial charge in [-0.3, -0.25) is 4.68 Å². The molecule has 0 atom stereocenters. The van der Waals surface area contributed by atoms with Crippen LogP contribution in [-0.2, 0) is 7.05 Å². The Hall–Kier alpha value is -1.57. The first-order chi connectivity index (χ1) is 7.18. The first kappa shape index (κ1) is 9.97. The fraction of sp³-hybridized carbons (Fsp3) is 0.308. The molecule has 0 radical (unpaired) electrons. The predicted molar refractivity (Wildman–Crippen MR) is 62.7 cm³/mol. The van der Waals surface area contributed by atoms with Crippen LogP contribution in [0.3, 0.4) is 0 Å². The summed E-state index contributed by atoms with van der Waals surface area (Å²) in [5, 5.41) is 4.17. The highest BCUT2D eigenvalue weighted by Gasteiger charge is 2.03. The van der Waals surface area contributed by atoms with Crippen LogP contribution < -0.4 is 0 Å². The second kappa shape index (κ2) is 3.89. The van der Waals surface area contributed by atoms with Crippen molar-refractivity contribution in [2.75, 3.05) is 0 Å². The molecule has 0 saturated heterocycles. The van der Waals surface area contributed by atoms with Crippen molar-refractivity contribution in [1.29, 1.82) is 0 Å². The van der Waals surface area contributed by atoms with Crippen LogP contribution in [0.15, 0.2) is 36.5 Å². The van der Waals surface area contributed by atoms with Gasteiger partial charge in [0.05, 0.1) is 5.69 Å². The molecule has 78 valence electrons. The number of hydrogen-bond acceptors (Lipinski definition) is 1. The fourth-order valence-electron chi connectivity index (χ4n) is 1.70. The summed E-state index contributed by atoms with van der Waals surface area (Å²) in [6.45, 7) is 4.41. The second-order valence-corrected chi connectivity index (χ2v) is 4.12. The minimum Gasteiger partial charge on any atom is -0.268 e. The molecular formula is C13H16N2. The van der Waals surface area contributed by atoms with Gasteiger partial charge in [0.25, 0.3) is 0 Å². The lowest BCUT2D eigenvalue weighted by Gasteiger charge is -2.07. The van der Waals surface area contributed by atoms with Crippen molar-refractivity contribution >= 4 is 0 Å². The van der Waals surface area contributed by atoms with Crippen molar-refractivity contribution < 1.29 is 0 Å². The summed E-state index contributed by atoms with van der Waals surface area (Å²) in [4.78, 5) is 0. The second-order valence-electron chi connectivity index (χ2n) is 4.12. The number of hydrogen-bond donors (Lipinski definition) is 0. The molecule has 0 saturated carbocycles. The van der Waals surface area contributed by atoms with E-state index < -0.39 is 0 Å². The van der Waals surface area contributed by atoms with E-state index in [1.54, 1.807) is 0 Å². The maximum absolute atomic E-state index is 4.17. The Labute approximate surface area is 90.6 Å². The average molecular weight is 200 g/mol. The molecule has 2 heteroatoms. The highest BCUT2D eigenvalue weighted by molar-refractivity contribution is 5.59. The van der Waals surface area contributed by atoms with E-state index in [4.69, 9.17) is 0 Å². The monoisotopic (exact) mass is 200 g/mol. The van der Waals surface area contributed by atoms with Crippen molar-refractivity contribution in [1.82, 2.24) is 9.78 Å². The molecule has 0 aliphatic heterocycles. The Balaban J connectivity index is 2.36. The molecule has 0 aliphatic rings. The first-order valence-electron chi connectivity index (χ1n) is 5.27. The molecule has 1 heterocycles. The number of nitrogens with zero attached hydrogens (tertiary/aromatic N) is 2. The maximum Gasteiger partial charge on any atom is 0.0678 e. The van der Waals surface area contributed by atoms with Crippen LogP contribution in [0.5, 0.6) is 0 Å². The zero-order valence-electron chi connectivity index (χ0n) is 9.44. The SMILES string of the molecule is CC(C)c1ccc(-c2ccnn2C)cc1. The molecule has 0 aliphatic carbocycles. The van der Waals surface area contributed by atoms with Crippen LogP contribution in [0, 0.1) is 0 Å². The Kier molecular flexibility index (Phi) is 2.58. The summed E-state index contributed by atoms with van der Waals surface area (Å²) >= 11 is 0. The smallest absolute Gasteiger partial charge is 0.0678 e. The van der Waals surface area contributed by atoms with E-state index >= 15 is 0 Å². The minimum atomic E-state index is 0.589. The van der Waals surface area contributed by atoms with E-state index in [-0.39, 0.29) is 0 Å². The maximum atomic E-state index is 4.17. The van der Waals surface area contributed by atoms with Gasteiger partial charge in [0, 0.05) is 13.2 Å². The topological polar surface area (TPSA) is 17.8 Å². The summed E-state index contributed by atoms with van der Waals surface area (Å²) in [5.74, 6) is 0.589. The summed E-state index contributed by atoms with van der Waals surface area (Å²) < 4.78 is 1.89. The molecule has 2 nitrogen and oxygen atoms in total. The summed E-state index contributed by atoms with van der Waals surface area (Å²) in [5.41, 5.74) is 3.76. The first-order valence-corrected chi connectivity index (χ1v) is 5.27. The summed E-state index contributed by atoms with van der Waals surface area (Å²) in [6, 6.07) is 10.7. The van der Waals surface area contributed by atoms with Gasteiger partial charge in [-0.25, -0.2) is 0 Å². The van der Waals surface area contributed by atoms with Gasteiger partial charge in [-0.2, -0.15) is 5.10 Å². The normalized spacial score (nSPS) is 10.9. The Morgan fingerprint density at radius 1 is 1.07 bits per heavy atom. The average Bonchev–Trinajstić information content (AvgIpc) is 2.65. The Morgan fingerprint density at radius 2 is 1.73 bits per heavy atom. The van der Waals surface area contributed by atoms with Gasteiger partial charge in [0.1, 0.15) is 0 Å². The van der Waals surface area contributed by atoms with Crippen LogP contribution in [-0.4, -0.2) is 9.78 Å². The Morgan fingerprint density at radius 3 is 2.20 bits per heavy atom. The summed E-state index contributed by atoms with van der Waals surface area (Å²) in [6.07, 6.45) is 1.83. The largest absolute Gasteiger partial charge is 0.268 e. The van der Waals surface area contributed by atoms with Gasteiger partial charge in [-0.1, -0.05) is 38.1 Å². The molecule has 1 aromatic heterocycles. The van der Waals surface area contributed by atoms with Gasteiger partial charge in [0.2, 0.25) is 0 Å². The number of rotatable bonds is 2. The van der Waals surface area contributed by atoms with Crippen molar-refractivity contribution in [3.63, 3.8) is 0 Å². The van der Waals surface area contributed by atoms with E-state index in [1.807, 2.05) is 24.0 Å². The van der Waals surface area contributed by atoms with Crippen LogP contribution in [0.1, 0.15) is 25.3 Å². The number of benzene rings is 1. The molecule has 15 heavy (non-hydrogen) atoms. The zero-order valence-corrected chi connectivity index (χ0v) is 9.44. The molecule has 2 aromatic rings. The van der Waals surface area contributed by atoms with Gasteiger partial charge < -0.3 is 0 Å². The standard InChI is InChI=1S/C13H16N2/c1-10(2)11-4-6-12(7-5-11)13-8-9-14-15(13)3/h4-10H,1-3H3. The van der Waals surface area contributed by atoms with Crippen LogP contribution in [0.4, 0.5) is 0 Å². The summed E-state index contributed by atoms with van der Waals surface area (Å²) in [7, 11) is 1.96. The van der Waals surface area contributed by atoms with E-state index in [0.717, 1.165) is 5.69 Å². The molecule has 0 N–H and O–H groups in total. The van der Waals surface area contributed by atoms with Crippen molar-refractivity contribution in [3.05, 3.63) is 42.1 Å².